The van der Waals surface area contributed by atoms with Crippen molar-refractivity contribution in [3.05, 3.63) is 39.4 Å². The average Bonchev–Trinajstić information content (AvgIpc) is 2.04. The molecule has 0 aliphatic carbocycles. The predicted molar refractivity (Wildman–Crippen MR) is 53.6 cm³/mol. The molecule has 0 aliphatic rings. The molecule has 14 heavy (non-hydrogen) atoms. The molecule has 0 spiro atoms. The number of nitrogens with two attached hydrogens (primary N) is 1. The second kappa shape index (κ2) is 4.57. The molecule has 0 radical (unpaired) electrons. The van der Waals surface area contributed by atoms with Crippen molar-refractivity contribution in [3.63, 3.8) is 0 Å². The molecule has 0 saturated heterocycles. The minimum Gasteiger partial charge on any atom is -0.366 e. The highest BCUT2D eigenvalue weighted by Crippen LogP contribution is 2.18. The maximum atomic E-state index is 10.7. The van der Waals surface area contributed by atoms with Crippen molar-refractivity contribution in [1.82, 2.24) is 0 Å². The molecular formula is C8H9ClN2O3. The lowest BCUT2D eigenvalue weighted by molar-refractivity contribution is -0.385. The average molecular weight is 217 g/mol. The van der Waals surface area contributed by atoms with Gasteiger partial charge in [0.25, 0.3) is 5.69 Å². The smallest absolute Gasteiger partial charge is 0.273 e. The zero-order valence-corrected chi connectivity index (χ0v) is 8.21. The van der Waals surface area contributed by atoms with E-state index >= 15 is 0 Å². The Labute approximate surface area is 86.5 Å². The number of nitro benzene ring substituents is 1. The highest BCUT2D eigenvalue weighted by atomic mass is 35.5. The minimum atomic E-state index is -0.664. The van der Waals surface area contributed by atoms with Crippen LogP contribution < -0.4 is 5.73 Å². The van der Waals surface area contributed by atoms with Crippen molar-refractivity contribution in [2.24, 2.45) is 5.73 Å². The lowest BCUT2D eigenvalue weighted by Gasteiger charge is -1.98. The number of halogens is 1. The third-order valence-corrected chi connectivity index (χ3v) is 1.69. The van der Waals surface area contributed by atoms with Crippen LogP contribution in [0.1, 0.15) is 15.9 Å². The number of rotatable bonds is 2. The summed E-state index contributed by atoms with van der Waals surface area (Å²) in [7, 11) is 0. The van der Waals surface area contributed by atoms with Gasteiger partial charge in [-0.3, -0.25) is 14.9 Å². The third kappa shape index (κ3) is 2.43. The zero-order chi connectivity index (χ0) is 10.0. The Bertz CT molecular complexity index is 379. The van der Waals surface area contributed by atoms with Gasteiger partial charge in [-0.15, -0.1) is 12.4 Å². The van der Waals surface area contributed by atoms with Crippen LogP contribution in [0.25, 0.3) is 0 Å². The van der Waals surface area contributed by atoms with Gasteiger partial charge in [0.1, 0.15) is 0 Å². The largest absolute Gasteiger partial charge is 0.366 e. The Morgan fingerprint density at radius 3 is 2.50 bits per heavy atom. The van der Waals surface area contributed by atoms with Crippen molar-refractivity contribution < 1.29 is 9.72 Å². The van der Waals surface area contributed by atoms with E-state index in [1.54, 1.807) is 6.92 Å². The van der Waals surface area contributed by atoms with E-state index < -0.39 is 10.8 Å². The molecule has 0 atom stereocenters. The van der Waals surface area contributed by atoms with Gasteiger partial charge >= 0.3 is 0 Å². The summed E-state index contributed by atoms with van der Waals surface area (Å²) in [4.78, 5) is 20.6. The van der Waals surface area contributed by atoms with Crippen molar-refractivity contribution in [1.29, 1.82) is 0 Å². The fourth-order valence-corrected chi connectivity index (χ4v) is 0.959. The van der Waals surface area contributed by atoms with Crippen molar-refractivity contribution >= 4 is 24.0 Å². The monoisotopic (exact) mass is 216 g/mol. The van der Waals surface area contributed by atoms with E-state index in [1.165, 1.54) is 18.2 Å². The zero-order valence-electron chi connectivity index (χ0n) is 7.39. The maximum absolute atomic E-state index is 10.7. The van der Waals surface area contributed by atoms with Gasteiger partial charge in [0.15, 0.2) is 0 Å². The molecule has 0 aliphatic heterocycles. The summed E-state index contributed by atoms with van der Waals surface area (Å²) >= 11 is 0. The molecule has 0 saturated carbocycles. The Kier molecular flexibility index (Phi) is 4.04. The fraction of sp³-hybridized carbons (Fsp3) is 0.125. The Morgan fingerprint density at radius 1 is 1.50 bits per heavy atom. The van der Waals surface area contributed by atoms with Crippen LogP contribution in [0.2, 0.25) is 0 Å². The second-order valence-corrected chi connectivity index (χ2v) is 2.62. The molecule has 6 heteroatoms. The normalized spacial score (nSPS) is 8.93. The summed E-state index contributed by atoms with van der Waals surface area (Å²) < 4.78 is 0. The fourth-order valence-electron chi connectivity index (χ4n) is 0.959. The molecule has 5 nitrogen and oxygen atoms in total. The van der Waals surface area contributed by atoms with Gasteiger partial charge in [-0.25, -0.2) is 0 Å². The number of benzene rings is 1. The van der Waals surface area contributed by atoms with E-state index in [9.17, 15) is 14.9 Å². The summed E-state index contributed by atoms with van der Waals surface area (Å²) in [6.45, 7) is 1.60. The first-order chi connectivity index (χ1) is 6.02. The number of nitro groups is 1. The topological polar surface area (TPSA) is 86.2 Å². The van der Waals surface area contributed by atoms with Gasteiger partial charge in [0.05, 0.1) is 4.92 Å². The lowest BCUT2D eigenvalue weighted by atomic mass is 10.1. The molecule has 1 aromatic carbocycles. The second-order valence-electron chi connectivity index (χ2n) is 2.62. The molecule has 76 valence electrons. The van der Waals surface area contributed by atoms with Crippen molar-refractivity contribution in [2.75, 3.05) is 0 Å². The Balaban J connectivity index is 0.00000169. The van der Waals surface area contributed by atoms with Gasteiger partial charge < -0.3 is 5.73 Å². The number of amides is 1. The third-order valence-electron chi connectivity index (χ3n) is 1.69. The van der Waals surface area contributed by atoms with Crippen LogP contribution in [0.5, 0.6) is 0 Å². The van der Waals surface area contributed by atoms with Gasteiger partial charge in [-0.1, -0.05) is 6.07 Å². The lowest BCUT2D eigenvalue weighted by Crippen LogP contribution is -2.11. The van der Waals surface area contributed by atoms with Crippen LogP contribution in [0, 0.1) is 17.0 Å². The van der Waals surface area contributed by atoms with Crippen LogP contribution in [0.3, 0.4) is 0 Å². The van der Waals surface area contributed by atoms with Crippen LogP contribution in [-0.4, -0.2) is 10.8 Å². The molecular weight excluding hydrogens is 208 g/mol. The predicted octanol–water partition coefficient (Wildman–Crippen LogP) is 1.42. The van der Waals surface area contributed by atoms with Crippen molar-refractivity contribution in [3.8, 4) is 0 Å². The van der Waals surface area contributed by atoms with Gasteiger partial charge in [0.2, 0.25) is 5.91 Å². The summed E-state index contributed by atoms with van der Waals surface area (Å²) in [5.41, 5.74) is 5.54. The molecule has 2 N–H and O–H groups in total. The maximum Gasteiger partial charge on any atom is 0.273 e. The molecule has 0 fully saturated rings. The molecule has 0 heterocycles. The van der Waals surface area contributed by atoms with E-state index in [1.807, 2.05) is 0 Å². The first-order valence-electron chi connectivity index (χ1n) is 3.57. The molecule has 1 rings (SSSR count). The van der Waals surface area contributed by atoms with Crippen LogP contribution in [-0.2, 0) is 0 Å². The van der Waals surface area contributed by atoms with Crippen LogP contribution in [0.4, 0.5) is 5.69 Å². The van der Waals surface area contributed by atoms with E-state index in [0.29, 0.717) is 5.56 Å². The number of carbonyl (C=O) groups excluding carboxylic acids is 1. The summed E-state index contributed by atoms with van der Waals surface area (Å²) in [5.74, 6) is -0.664. The highest BCUT2D eigenvalue weighted by molar-refractivity contribution is 5.93. The number of hydrogen-bond donors (Lipinski definition) is 1. The molecule has 0 aromatic heterocycles. The molecule has 1 amide bonds. The molecule has 0 unspecified atom stereocenters. The molecule has 1 aromatic rings. The number of aryl methyl sites for hydroxylation is 1. The first-order valence-corrected chi connectivity index (χ1v) is 3.57. The number of primary amides is 1. The SMILES string of the molecule is Cc1ccc(C(N)=O)cc1[N+](=O)[O-].Cl. The van der Waals surface area contributed by atoms with Crippen molar-refractivity contribution in [2.45, 2.75) is 6.92 Å². The van der Waals surface area contributed by atoms with Gasteiger partial charge in [-0.05, 0) is 13.0 Å². The minimum absolute atomic E-state index is 0. The Morgan fingerprint density at radius 2 is 2.07 bits per heavy atom. The summed E-state index contributed by atoms with van der Waals surface area (Å²) in [6, 6.07) is 4.14. The van der Waals surface area contributed by atoms with E-state index in [2.05, 4.69) is 0 Å². The first kappa shape index (κ1) is 12.4. The van der Waals surface area contributed by atoms with E-state index in [0.717, 1.165) is 0 Å². The van der Waals surface area contributed by atoms with E-state index in [4.69, 9.17) is 5.73 Å². The molecule has 0 bridgehead atoms. The Hall–Kier alpha value is -1.62. The number of hydrogen-bond acceptors (Lipinski definition) is 3. The van der Waals surface area contributed by atoms with Gasteiger partial charge in [0, 0.05) is 17.2 Å². The summed E-state index contributed by atoms with van der Waals surface area (Å²) in [5, 5.41) is 10.5. The van der Waals surface area contributed by atoms with Crippen LogP contribution >= 0.6 is 12.4 Å². The number of carbonyl (C=O) groups is 1. The standard InChI is InChI=1S/C8H8N2O3.ClH/c1-5-2-3-6(8(9)11)4-7(5)10(12)13;/h2-4H,1H3,(H2,9,11);1H. The summed E-state index contributed by atoms with van der Waals surface area (Å²) in [6.07, 6.45) is 0. The van der Waals surface area contributed by atoms with Gasteiger partial charge in [-0.2, -0.15) is 0 Å². The van der Waals surface area contributed by atoms with Crippen LogP contribution in [0.15, 0.2) is 18.2 Å². The number of nitrogens with zero attached hydrogens (tertiary/aromatic N) is 1. The quantitative estimate of drug-likeness (QED) is 0.599. The highest BCUT2D eigenvalue weighted by Gasteiger charge is 2.12. The van der Waals surface area contributed by atoms with E-state index in [-0.39, 0.29) is 23.7 Å².